The molecule has 0 amide bonds. The van der Waals surface area contributed by atoms with Crippen LogP contribution in [0.15, 0.2) is 23.0 Å². The van der Waals surface area contributed by atoms with Crippen LogP contribution in [0.1, 0.15) is 41.8 Å². The molecule has 0 saturated carbocycles. The highest BCUT2D eigenvalue weighted by molar-refractivity contribution is 5.51. The number of anilines is 2. The topological polar surface area (TPSA) is 96.3 Å². The van der Waals surface area contributed by atoms with Gasteiger partial charge in [-0.05, 0) is 43.0 Å². The number of ether oxygens (including phenoxy) is 1. The van der Waals surface area contributed by atoms with Gasteiger partial charge in [-0.1, -0.05) is 0 Å². The van der Waals surface area contributed by atoms with E-state index in [1.807, 2.05) is 0 Å². The number of benzene rings is 1. The van der Waals surface area contributed by atoms with Crippen LogP contribution in [0.4, 0.5) is 24.7 Å². The van der Waals surface area contributed by atoms with E-state index in [9.17, 15) is 18.0 Å². The molecule has 1 aromatic carbocycles. The molecule has 0 radical (unpaired) electrons. The predicted octanol–water partition coefficient (Wildman–Crippen LogP) is 2.94. The number of nitrogen functional groups attached to an aromatic ring is 1. The Morgan fingerprint density at radius 2 is 2.19 bits per heavy atom. The van der Waals surface area contributed by atoms with Crippen molar-refractivity contribution in [2.45, 2.75) is 38.5 Å². The third kappa shape index (κ3) is 5.01. The standard InChI is InChI=1S/C21H26F3N5O2/c1-12(14-6-15(21(22,23)24)8-16(25)7-14)26-19-17-10-29(9-13-3-5-31-11-13)4-2-18(17)27-20(30)28-19/h6-8,12-13H,2-5,9-11,25H2,1H3,(H2,26,27,28,30)/t12-,13?/m1/s1. The van der Waals surface area contributed by atoms with Crippen molar-refractivity contribution in [2.75, 3.05) is 37.4 Å². The number of H-pyrrole nitrogens is 1. The average molecular weight is 437 g/mol. The van der Waals surface area contributed by atoms with Gasteiger partial charge in [-0.2, -0.15) is 18.2 Å². The Balaban J connectivity index is 1.57. The number of aromatic amines is 1. The van der Waals surface area contributed by atoms with E-state index < -0.39 is 23.5 Å². The van der Waals surface area contributed by atoms with Crippen LogP contribution in [0.5, 0.6) is 0 Å². The first-order valence-corrected chi connectivity index (χ1v) is 10.4. The summed E-state index contributed by atoms with van der Waals surface area (Å²) in [6.07, 6.45) is -2.78. The summed E-state index contributed by atoms with van der Waals surface area (Å²) in [5.74, 6) is 0.885. The lowest BCUT2D eigenvalue weighted by Gasteiger charge is -2.31. The fraction of sp³-hybridized carbons (Fsp3) is 0.524. The van der Waals surface area contributed by atoms with Gasteiger partial charge in [-0.15, -0.1) is 0 Å². The van der Waals surface area contributed by atoms with E-state index in [-0.39, 0.29) is 5.69 Å². The molecule has 1 unspecified atom stereocenters. The number of halogens is 3. The molecule has 4 N–H and O–H groups in total. The molecule has 0 bridgehead atoms. The summed E-state index contributed by atoms with van der Waals surface area (Å²) in [5, 5.41) is 3.14. The number of nitrogens with one attached hydrogen (secondary N) is 2. The summed E-state index contributed by atoms with van der Waals surface area (Å²) in [6, 6.07) is 2.95. The number of nitrogens with two attached hydrogens (primary N) is 1. The highest BCUT2D eigenvalue weighted by Gasteiger charge is 2.32. The van der Waals surface area contributed by atoms with Crippen LogP contribution in [-0.4, -0.2) is 41.2 Å². The maximum absolute atomic E-state index is 13.2. The van der Waals surface area contributed by atoms with E-state index in [1.165, 1.54) is 6.07 Å². The molecule has 2 aliphatic heterocycles. The van der Waals surface area contributed by atoms with Gasteiger partial charge < -0.3 is 20.8 Å². The predicted molar refractivity (Wildman–Crippen MR) is 111 cm³/mol. The number of aromatic nitrogens is 2. The van der Waals surface area contributed by atoms with Gasteiger partial charge in [0.05, 0.1) is 18.2 Å². The summed E-state index contributed by atoms with van der Waals surface area (Å²) in [4.78, 5) is 21.3. The summed E-state index contributed by atoms with van der Waals surface area (Å²) in [5.41, 5.74) is 6.52. The van der Waals surface area contributed by atoms with Crippen molar-refractivity contribution in [1.29, 1.82) is 0 Å². The number of alkyl halides is 3. The zero-order valence-corrected chi connectivity index (χ0v) is 17.3. The largest absolute Gasteiger partial charge is 0.416 e. The van der Waals surface area contributed by atoms with Crippen LogP contribution in [-0.2, 0) is 23.9 Å². The first kappa shape index (κ1) is 21.6. The maximum atomic E-state index is 13.2. The molecule has 0 aliphatic carbocycles. The van der Waals surface area contributed by atoms with Gasteiger partial charge in [0.25, 0.3) is 0 Å². The zero-order chi connectivity index (χ0) is 22.2. The highest BCUT2D eigenvalue weighted by atomic mass is 19.4. The molecular formula is C21H26F3N5O2. The quantitative estimate of drug-likeness (QED) is 0.623. The lowest BCUT2D eigenvalue weighted by Crippen LogP contribution is -2.37. The third-order valence-corrected chi connectivity index (χ3v) is 5.88. The second-order valence-corrected chi connectivity index (χ2v) is 8.31. The Kier molecular flexibility index (Phi) is 5.94. The summed E-state index contributed by atoms with van der Waals surface area (Å²) >= 11 is 0. The van der Waals surface area contributed by atoms with Crippen LogP contribution < -0.4 is 16.7 Å². The van der Waals surface area contributed by atoms with Crippen molar-refractivity contribution in [2.24, 2.45) is 5.92 Å². The van der Waals surface area contributed by atoms with Crippen molar-refractivity contribution < 1.29 is 17.9 Å². The van der Waals surface area contributed by atoms with Gasteiger partial charge in [0.1, 0.15) is 5.82 Å². The Hall–Kier alpha value is -2.59. The maximum Gasteiger partial charge on any atom is 0.416 e. The van der Waals surface area contributed by atoms with E-state index in [2.05, 4.69) is 20.2 Å². The molecule has 4 rings (SSSR count). The van der Waals surface area contributed by atoms with Gasteiger partial charge in [0, 0.05) is 49.6 Å². The van der Waals surface area contributed by atoms with Gasteiger partial charge in [0.2, 0.25) is 0 Å². The van der Waals surface area contributed by atoms with Crippen LogP contribution in [0.3, 0.4) is 0 Å². The number of hydrogen-bond donors (Lipinski definition) is 3. The number of nitrogens with zero attached hydrogens (tertiary/aromatic N) is 2. The second-order valence-electron chi connectivity index (χ2n) is 8.31. The van der Waals surface area contributed by atoms with Crippen molar-refractivity contribution in [3.05, 3.63) is 51.1 Å². The summed E-state index contributed by atoms with van der Waals surface area (Å²) in [7, 11) is 0. The Morgan fingerprint density at radius 1 is 1.39 bits per heavy atom. The SMILES string of the molecule is C[C@@H](Nc1nc(=O)[nH]c2c1CN(CC1CCOC1)CC2)c1cc(N)cc(C(F)(F)F)c1. The third-order valence-electron chi connectivity index (χ3n) is 5.88. The zero-order valence-electron chi connectivity index (χ0n) is 17.3. The van der Waals surface area contributed by atoms with Crippen LogP contribution in [0, 0.1) is 5.92 Å². The van der Waals surface area contributed by atoms with E-state index in [4.69, 9.17) is 10.5 Å². The molecule has 2 aromatic rings. The fourth-order valence-electron chi connectivity index (χ4n) is 4.25. The Bertz CT molecular complexity index is 1000. The van der Waals surface area contributed by atoms with Crippen LogP contribution in [0.25, 0.3) is 0 Å². The van der Waals surface area contributed by atoms with Crippen LogP contribution in [0.2, 0.25) is 0 Å². The molecule has 2 aliphatic rings. The van der Waals surface area contributed by atoms with Gasteiger partial charge in [-0.3, -0.25) is 4.90 Å². The molecule has 3 heterocycles. The molecule has 168 valence electrons. The van der Waals surface area contributed by atoms with Crippen molar-refractivity contribution >= 4 is 11.5 Å². The van der Waals surface area contributed by atoms with E-state index in [0.29, 0.717) is 30.3 Å². The first-order valence-electron chi connectivity index (χ1n) is 10.4. The van der Waals surface area contributed by atoms with E-state index in [1.54, 1.807) is 6.92 Å². The average Bonchev–Trinajstić information content (AvgIpc) is 3.20. The Labute approximate surface area is 177 Å². The van der Waals surface area contributed by atoms with E-state index in [0.717, 1.165) is 56.1 Å². The summed E-state index contributed by atoms with van der Waals surface area (Å²) in [6.45, 7) is 5.59. The minimum atomic E-state index is -4.49. The molecular weight excluding hydrogens is 411 g/mol. The van der Waals surface area contributed by atoms with Crippen molar-refractivity contribution in [3.63, 3.8) is 0 Å². The lowest BCUT2D eigenvalue weighted by atomic mass is 10.0. The van der Waals surface area contributed by atoms with Crippen molar-refractivity contribution in [3.8, 4) is 0 Å². The minimum Gasteiger partial charge on any atom is -0.399 e. The van der Waals surface area contributed by atoms with Gasteiger partial charge >= 0.3 is 11.9 Å². The minimum absolute atomic E-state index is 0.0318. The van der Waals surface area contributed by atoms with E-state index >= 15 is 0 Å². The summed E-state index contributed by atoms with van der Waals surface area (Å²) < 4.78 is 45.0. The normalized spacial score (nSPS) is 20.5. The highest BCUT2D eigenvalue weighted by Crippen LogP contribution is 2.34. The van der Waals surface area contributed by atoms with Crippen molar-refractivity contribution in [1.82, 2.24) is 14.9 Å². The molecule has 1 saturated heterocycles. The molecule has 1 aromatic heterocycles. The molecule has 31 heavy (non-hydrogen) atoms. The Morgan fingerprint density at radius 3 is 2.90 bits per heavy atom. The smallest absolute Gasteiger partial charge is 0.399 e. The molecule has 7 nitrogen and oxygen atoms in total. The van der Waals surface area contributed by atoms with Crippen LogP contribution >= 0.6 is 0 Å². The number of fused-ring (bicyclic) bond motifs is 1. The second kappa shape index (κ2) is 8.51. The molecule has 10 heteroatoms. The molecule has 0 spiro atoms. The molecule has 2 atom stereocenters. The number of hydrogen-bond acceptors (Lipinski definition) is 6. The fourth-order valence-corrected chi connectivity index (χ4v) is 4.25. The monoisotopic (exact) mass is 437 g/mol. The van der Waals surface area contributed by atoms with Gasteiger partial charge in [0.15, 0.2) is 0 Å². The van der Waals surface area contributed by atoms with Gasteiger partial charge in [-0.25, -0.2) is 4.79 Å². The first-order chi connectivity index (χ1) is 14.7. The number of rotatable bonds is 5. The lowest BCUT2D eigenvalue weighted by molar-refractivity contribution is -0.137. The molecule has 1 fully saturated rings.